The smallest absolute Gasteiger partial charge is 0.337 e. The monoisotopic (exact) mass is 333 g/mol. The first-order valence-corrected chi connectivity index (χ1v) is 8.55. The molecule has 2 fully saturated rings. The number of hydrogen-bond acceptors (Lipinski definition) is 3. The highest BCUT2D eigenvalue weighted by molar-refractivity contribution is 7.92. The van der Waals surface area contributed by atoms with Crippen LogP contribution in [0, 0.1) is 0 Å². The molecule has 0 saturated carbocycles. The molecule has 1 aromatic rings. The number of hydrogen-bond donors (Lipinski definition) is 0. The summed E-state index contributed by atoms with van der Waals surface area (Å²) in [6.07, 6.45) is -4.15. The minimum absolute atomic E-state index is 0.0357. The van der Waals surface area contributed by atoms with Crippen LogP contribution in [-0.4, -0.2) is 42.8 Å². The molecule has 2 aliphatic rings. The van der Waals surface area contributed by atoms with E-state index in [-0.39, 0.29) is 36.2 Å². The summed E-state index contributed by atoms with van der Waals surface area (Å²) in [4.78, 5) is 13.7. The molecule has 2 bridgehead atoms. The van der Waals surface area contributed by atoms with E-state index in [1.165, 1.54) is 17.0 Å². The number of nitrogens with zero attached hydrogens (tertiary/aromatic N) is 1. The Labute approximate surface area is 125 Å². The van der Waals surface area contributed by atoms with Crippen LogP contribution in [0.5, 0.6) is 0 Å². The van der Waals surface area contributed by atoms with Gasteiger partial charge in [-0.25, -0.2) is 8.42 Å². The van der Waals surface area contributed by atoms with Gasteiger partial charge in [-0.15, -0.1) is 0 Å². The number of likely N-dealkylation sites (tertiary alicyclic amines) is 1. The number of halogens is 3. The van der Waals surface area contributed by atoms with Gasteiger partial charge in [-0.05, 0) is 18.1 Å². The third kappa shape index (κ3) is 2.71. The van der Waals surface area contributed by atoms with Gasteiger partial charge in [0.15, 0.2) is 9.84 Å². The van der Waals surface area contributed by atoms with E-state index in [2.05, 4.69) is 0 Å². The zero-order valence-electron chi connectivity index (χ0n) is 11.5. The fourth-order valence-corrected chi connectivity index (χ4v) is 5.16. The van der Waals surface area contributed by atoms with E-state index in [0.717, 1.165) is 12.1 Å². The van der Waals surface area contributed by atoms with E-state index in [1.54, 1.807) is 0 Å². The summed E-state index contributed by atoms with van der Waals surface area (Å²) in [5.74, 6) is -0.354. The average Bonchev–Trinajstić information content (AvgIpc) is 2.93. The maximum Gasteiger partial charge on any atom is 0.416 e. The van der Waals surface area contributed by atoms with Crippen LogP contribution in [0.4, 0.5) is 13.2 Å². The molecule has 2 saturated heterocycles. The number of fused-ring (bicyclic) bond motifs is 2. The lowest BCUT2D eigenvalue weighted by atomic mass is 10.1. The highest BCUT2D eigenvalue weighted by Gasteiger charge is 2.49. The molecule has 120 valence electrons. The van der Waals surface area contributed by atoms with Crippen LogP contribution in [0.1, 0.15) is 17.5 Å². The molecule has 0 aromatic heterocycles. The molecule has 0 aliphatic carbocycles. The molecule has 8 heteroatoms. The van der Waals surface area contributed by atoms with Crippen molar-refractivity contribution in [1.29, 1.82) is 0 Å². The first-order valence-electron chi connectivity index (χ1n) is 6.84. The van der Waals surface area contributed by atoms with Crippen LogP contribution in [0.15, 0.2) is 24.3 Å². The number of amides is 1. The van der Waals surface area contributed by atoms with Crippen molar-refractivity contribution in [2.75, 3.05) is 12.3 Å². The normalized spacial score (nSPS) is 26.4. The number of carbonyl (C=O) groups excluding carboxylic acids is 1. The van der Waals surface area contributed by atoms with Crippen molar-refractivity contribution in [1.82, 2.24) is 4.90 Å². The Morgan fingerprint density at radius 2 is 2.05 bits per heavy atom. The minimum atomic E-state index is -4.44. The highest BCUT2D eigenvalue weighted by Crippen LogP contribution is 2.34. The van der Waals surface area contributed by atoms with Crippen molar-refractivity contribution in [2.24, 2.45) is 0 Å². The van der Waals surface area contributed by atoms with Crippen LogP contribution >= 0.6 is 0 Å². The number of alkyl halides is 3. The molecular weight excluding hydrogens is 319 g/mol. The maximum absolute atomic E-state index is 12.7. The topological polar surface area (TPSA) is 54.5 Å². The van der Waals surface area contributed by atoms with Gasteiger partial charge in [0.1, 0.15) is 0 Å². The second-order valence-electron chi connectivity index (χ2n) is 5.76. The van der Waals surface area contributed by atoms with E-state index in [1.807, 2.05) is 0 Å². The van der Waals surface area contributed by atoms with Crippen molar-refractivity contribution in [3.63, 3.8) is 0 Å². The largest absolute Gasteiger partial charge is 0.416 e. The van der Waals surface area contributed by atoms with Crippen molar-refractivity contribution in [3.05, 3.63) is 35.4 Å². The summed E-state index contributed by atoms with van der Waals surface area (Å²) in [6.45, 7) is 0.158. The fourth-order valence-electron chi connectivity index (χ4n) is 3.14. The van der Waals surface area contributed by atoms with Crippen molar-refractivity contribution in [2.45, 2.75) is 30.3 Å². The second-order valence-corrected chi connectivity index (χ2v) is 8.09. The quantitative estimate of drug-likeness (QED) is 0.827. The molecular formula is C14H14F3NO3S. The van der Waals surface area contributed by atoms with Gasteiger partial charge in [-0.1, -0.05) is 18.2 Å². The zero-order valence-corrected chi connectivity index (χ0v) is 12.3. The Balaban J connectivity index is 1.71. The molecule has 2 aliphatic heterocycles. The molecule has 2 heterocycles. The zero-order chi connectivity index (χ0) is 16.1. The van der Waals surface area contributed by atoms with Crippen molar-refractivity contribution in [3.8, 4) is 0 Å². The SMILES string of the molecule is O=C(Cc1cccc(C(F)(F)F)c1)N1CC2CC1CS2(=O)=O. The van der Waals surface area contributed by atoms with Crippen LogP contribution in [0.25, 0.3) is 0 Å². The molecule has 1 aromatic carbocycles. The van der Waals surface area contributed by atoms with Gasteiger partial charge in [-0.2, -0.15) is 13.2 Å². The molecule has 3 rings (SSSR count). The van der Waals surface area contributed by atoms with Gasteiger partial charge in [-0.3, -0.25) is 4.79 Å². The Morgan fingerprint density at radius 3 is 2.59 bits per heavy atom. The van der Waals surface area contributed by atoms with E-state index in [9.17, 15) is 26.4 Å². The van der Waals surface area contributed by atoms with Gasteiger partial charge in [0.2, 0.25) is 5.91 Å². The van der Waals surface area contributed by atoms with Gasteiger partial charge < -0.3 is 4.90 Å². The Hall–Kier alpha value is -1.57. The Bertz CT molecular complexity index is 714. The van der Waals surface area contributed by atoms with Crippen LogP contribution < -0.4 is 0 Å². The molecule has 4 nitrogen and oxygen atoms in total. The van der Waals surface area contributed by atoms with E-state index < -0.39 is 26.8 Å². The number of carbonyl (C=O) groups is 1. The summed E-state index contributed by atoms with van der Waals surface area (Å²) >= 11 is 0. The highest BCUT2D eigenvalue weighted by atomic mass is 32.2. The number of sulfone groups is 1. The van der Waals surface area contributed by atoms with Crippen LogP contribution in [0.2, 0.25) is 0 Å². The third-order valence-corrected chi connectivity index (χ3v) is 6.45. The minimum Gasteiger partial charge on any atom is -0.337 e. The summed E-state index contributed by atoms with van der Waals surface area (Å²) in [5.41, 5.74) is -0.506. The van der Waals surface area contributed by atoms with Crippen LogP contribution in [-0.2, 0) is 27.2 Å². The summed E-state index contributed by atoms with van der Waals surface area (Å²) in [5, 5.41) is -0.511. The Morgan fingerprint density at radius 1 is 1.32 bits per heavy atom. The number of benzene rings is 1. The fraction of sp³-hybridized carbons (Fsp3) is 0.500. The average molecular weight is 333 g/mol. The van der Waals surface area contributed by atoms with E-state index >= 15 is 0 Å². The van der Waals surface area contributed by atoms with Gasteiger partial charge in [0.05, 0.1) is 23.0 Å². The molecule has 0 N–H and O–H groups in total. The van der Waals surface area contributed by atoms with E-state index in [4.69, 9.17) is 0 Å². The molecule has 0 radical (unpaired) electrons. The number of rotatable bonds is 2. The second kappa shape index (κ2) is 4.97. The first kappa shape index (κ1) is 15.3. The third-order valence-electron chi connectivity index (χ3n) is 4.24. The predicted octanol–water partition coefficient (Wildman–Crippen LogP) is 1.65. The first-order chi connectivity index (χ1) is 10.2. The lowest BCUT2D eigenvalue weighted by Crippen LogP contribution is -2.44. The van der Waals surface area contributed by atoms with Gasteiger partial charge in [0.25, 0.3) is 0 Å². The molecule has 2 atom stereocenters. The Kier molecular flexibility index (Phi) is 3.47. The van der Waals surface area contributed by atoms with Crippen molar-refractivity contribution >= 4 is 15.7 Å². The van der Waals surface area contributed by atoms with Gasteiger partial charge in [0, 0.05) is 12.6 Å². The molecule has 1 amide bonds. The molecule has 2 unspecified atom stereocenters. The summed E-state index contributed by atoms with van der Waals surface area (Å²) in [6, 6.07) is 4.33. The van der Waals surface area contributed by atoms with E-state index in [0.29, 0.717) is 6.42 Å². The summed E-state index contributed by atoms with van der Waals surface area (Å²) in [7, 11) is -3.10. The standard InChI is InChI=1S/C14H14F3NO3S/c15-14(16,17)10-3-1-2-9(4-10)5-13(19)18-7-12-6-11(18)8-22(12,20)21/h1-4,11-12H,5-8H2. The van der Waals surface area contributed by atoms with Crippen molar-refractivity contribution < 1.29 is 26.4 Å². The predicted molar refractivity (Wildman–Crippen MR) is 72.8 cm³/mol. The summed E-state index contributed by atoms with van der Waals surface area (Å²) < 4.78 is 61.2. The maximum atomic E-state index is 12.7. The van der Waals surface area contributed by atoms with Crippen LogP contribution in [0.3, 0.4) is 0 Å². The lowest BCUT2D eigenvalue weighted by Gasteiger charge is -2.27. The van der Waals surface area contributed by atoms with Gasteiger partial charge >= 0.3 is 6.18 Å². The molecule has 22 heavy (non-hydrogen) atoms. The lowest BCUT2D eigenvalue weighted by molar-refractivity contribution is -0.138. The molecule has 0 spiro atoms.